The van der Waals surface area contributed by atoms with E-state index >= 15 is 0 Å². The predicted octanol–water partition coefficient (Wildman–Crippen LogP) is 2.50. The lowest BCUT2D eigenvalue weighted by Crippen LogP contribution is -2.47. The standard InChI is InChI=1S/C16H25N3O3/c1-3-12-6-4-5-7-14(12)21-10-15-17-16(18-22-15)13-8-19(9-13)11(2)20/h12-14H,3-10H2,1-2H3. The Morgan fingerprint density at radius 1 is 1.36 bits per heavy atom. The first-order valence-corrected chi connectivity index (χ1v) is 8.37. The van der Waals surface area contributed by atoms with Gasteiger partial charge in [0.15, 0.2) is 5.82 Å². The smallest absolute Gasteiger partial charge is 0.252 e. The molecule has 1 aliphatic heterocycles. The van der Waals surface area contributed by atoms with Crippen molar-refractivity contribution in [3.8, 4) is 0 Å². The molecule has 0 bridgehead atoms. The van der Waals surface area contributed by atoms with E-state index in [-0.39, 0.29) is 11.8 Å². The van der Waals surface area contributed by atoms with Crippen molar-refractivity contribution in [1.82, 2.24) is 15.0 Å². The first-order valence-electron chi connectivity index (χ1n) is 8.37. The Bertz CT molecular complexity index is 510. The van der Waals surface area contributed by atoms with Crippen LogP contribution in [-0.2, 0) is 16.1 Å². The summed E-state index contributed by atoms with van der Waals surface area (Å²) in [5.74, 6) is 2.22. The predicted molar refractivity (Wildman–Crippen MR) is 80.1 cm³/mol. The second-order valence-corrected chi connectivity index (χ2v) is 6.47. The zero-order valence-electron chi connectivity index (χ0n) is 13.5. The third-order valence-corrected chi connectivity index (χ3v) is 4.96. The molecule has 1 aromatic heterocycles. The maximum Gasteiger partial charge on any atom is 0.252 e. The minimum Gasteiger partial charge on any atom is -0.368 e. The summed E-state index contributed by atoms with van der Waals surface area (Å²) in [5.41, 5.74) is 0. The molecular weight excluding hydrogens is 282 g/mol. The maximum atomic E-state index is 11.2. The van der Waals surface area contributed by atoms with E-state index in [1.807, 2.05) is 0 Å². The summed E-state index contributed by atoms with van der Waals surface area (Å²) < 4.78 is 11.3. The number of amides is 1. The van der Waals surface area contributed by atoms with Gasteiger partial charge >= 0.3 is 0 Å². The van der Waals surface area contributed by atoms with Crippen LogP contribution in [0, 0.1) is 5.92 Å². The molecule has 0 N–H and O–H groups in total. The van der Waals surface area contributed by atoms with Crippen LogP contribution in [0.15, 0.2) is 4.52 Å². The van der Waals surface area contributed by atoms with Crippen molar-refractivity contribution in [2.75, 3.05) is 13.1 Å². The number of carbonyl (C=O) groups excluding carboxylic acids is 1. The zero-order chi connectivity index (χ0) is 15.5. The number of rotatable bonds is 5. The largest absolute Gasteiger partial charge is 0.368 e. The van der Waals surface area contributed by atoms with E-state index in [0.717, 1.165) is 6.42 Å². The van der Waals surface area contributed by atoms with Gasteiger partial charge in [-0.1, -0.05) is 31.3 Å². The van der Waals surface area contributed by atoms with Crippen LogP contribution in [0.2, 0.25) is 0 Å². The molecule has 0 aromatic carbocycles. The third kappa shape index (κ3) is 3.32. The van der Waals surface area contributed by atoms with Crippen LogP contribution >= 0.6 is 0 Å². The lowest BCUT2D eigenvalue weighted by Gasteiger charge is -2.36. The molecule has 3 rings (SSSR count). The van der Waals surface area contributed by atoms with Crippen molar-refractivity contribution in [1.29, 1.82) is 0 Å². The molecule has 1 aliphatic carbocycles. The van der Waals surface area contributed by atoms with Crippen molar-refractivity contribution in [3.05, 3.63) is 11.7 Å². The van der Waals surface area contributed by atoms with E-state index < -0.39 is 0 Å². The van der Waals surface area contributed by atoms with Crippen LogP contribution < -0.4 is 0 Å². The van der Waals surface area contributed by atoms with E-state index in [4.69, 9.17) is 9.26 Å². The van der Waals surface area contributed by atoms with Gasteiger partial charge in [-0.05, 0) is 18.8 Å². The molecule has 1 saturated carbocycles. The van der Waals surface area contributed by atoms with Crippen LogP contribution in [0.25, 0.3) is 0 Å². The first-order chi connectivity index (χ1) is 10.7. The summed E-state index contributed by atoms with van der Waals surface area (Å²) in [5, 5.41) is 4.03. The van der Waals surface area contributed by atoms with E-state index in [0.29, 0.717) is 43.4 Å². The molecular formula is C16H25N3O3. The Hall–Kier alpha value is -1.43. The van der Waals surface area contributed by atoms with Crippen molar-refractivity contribution >= 4 is 5.91 Å². The first kappa shape index (κ1) is 15.5. The average molecular weight is 307 g/mol. The minimum atomic E-state index is 0.103. The lowest BCUT2D eigenvalue weighted by molar-refractivity contribution is -0.133. The van der Waals surface area contributed by atoms with Crippen molar-refractivity contribution in [3.63, 3.8) is 0 Å². The fraction of sp³-hybridized carbons (Fsp3) is 0.812. The summed E-state index contributed by atoms with van der Waals surface area (Å²) in [6.45, 7) is 5.59. The van der Waals surface area contributed by atoms with Crippen molar-refractivity contribution in [2.45, 2.75) is 64.6 Å². The van der Waals surface area contributed by atoms with Gasteiger partial charge in [0.2, 0.25) is 5.91 Å². The molecule has 2 aliphatic rings. The summed E-state index contributed by atoms with van der Waals surface area (Å²) in [6, 6.07) is 0. The Morgan fingerprint density at radius 3 is 2.86 bits per heavy atom. The fourth-order valence-electron chi connectivity index (χ4n) is 3.43. The molecule has 6 heteroatoms. The van der Waals surface area contributed by atoms with Gasteiger partial charge < -0.3 is 14.2 Å². The summed E-state index contributed by atoms with van der Waals surface area (Å²) >= 11 is 0. The number of nitrogens with zero attached hydrogens (tertiary/aromatic N) is 3. The Morgan fingerprint density at radius 2 is 2.14 bits per heavy atom. The van der Waals surface area contributed by atoms with Crippen molar-refractivity contribution < 1.29 is 14.1 Å². The molecule has 22 heavy (non-hydrogen) atoms. The van der Waals surface area contributed by atoms with Gasteiger partial charge in [0.25, 0.3) is 5.89 Å². The number of aromatic nitrogens is 2. The molecule has 122 valence electrons. The van der Waals surface area contributed by atoms with Crippen LogP contribution in [0.5, 0.6) is 0 Å². The molecule has 2 unspecified atom stereocenters. The summed E-state index contributed by atoms with van der Waals surface area (Å²) in [6.07, 6.45) is 6.46. The van der Waals surface area contributed by atoms with Gasteiger partial charge in [0.1, 0.15) is 6.61 Å². The molecule has 1 saturated heterocycles. The monoisotopic (exact) mass is 307 g/mol. The Labute approximate surface area is 131 Å². The second-order valence-electron chi connectivity index (χ2n) is 6.47. The van der Waals surface area contributed by atoms with Gasteiger partial charge in [-0.3, -0.25) is 4.79 Å². The molecule has 2 heterocycles. The molecule has 6 nitrogen and oxygen atoms in total. The number of hydrogen-bond donors (Lipinski definition) is 0. The summed E-state index contributed by atoms with van der Waals surface area (Å²) in [7, 11) is 0. The van der Waals surface area contributed by atoms with Gasteiger partial charge in [0.05, 0.1) is 12.0 Å². The highest BCUT2D eigenvalue weighted by molar-refractivity contribution is 5.74. The quantitative estimate of drug-likeness (QED) is 0.836. The molecule has 2 fully saturated rings. The number of ether oxygens (including phenoxy) is 1. The molecule has 1 aromatic rings. The highest BCUT2D eigenvalue weighted by Crippen LogP contribution is 2.30. The van der Waals surface area contributed by atoms with E-state index in [2.05, 4.69) is 17.1 Å². The highest BCUT2D eigenvalue weighted by Gasteiger charge is 2.33. The highest BCUT2D eigenvalue weighted by atomic mass is 16.5. The van der Waals surface area contributed by atoms with Crippen LogP contribution in [0.3, 0.4) is 0 Å². The van der Waals surface area contributed by atoms with Crippen LogP contribution in [0.4, 0.5) is 0 Å². The van der Waals surface area contributed by atoms with Gasteiger partial charge in [-0.2, -0.15) is 4.98 Å². The Kier molecular flexibility index (Phi) is 4.76. The van der Waals surface area contributed by atoms with E-state index in [1.54, 1.807) is 11.8 Å². The fourth-order valence-corrected chi connectivity index (χ4v) is 3.43. The van der Waals surface area contributed by atoms with Gasteiger partial charge in [0, 0.05) is 20.0 Å². The average Bonchev–Trinajstić information content (AvgIpc) is 2.92. The third-order valence-electron chi connectivity index (χ3n) is 4.96. The van der Waals surface area contributed by atoms with Crippen LogP contribution in [-0.4, -0.2) is 40.1 Å². The molecule has 1 amide bonds. The Balaban J connectivity index is 1.49. The normalized spacial score (nSPS) is 26.0. The second kappa shape index (κ2) is 6.77. The van der Waals surface area contributed by atoms with E-state index in [1.165, 1.54) is 25.7 Å². The maximum absolute atomic E-state index is 11.2. The molecule has 2 atom stereocenters. The number of likely N-dealkylation sites (tertiary alicyclic amines) is 1. The molecule has 0 spiro atoms. The SMILES string of the molecule is CCC1CCCCC1OCc1nc(C2CN(C(C)=O)C2)no1. The number of carbonyl (C=O) groups is 1. The summed E-state index contributed by atoms with van der Waals surface area (Å²) in [4.78, 5) is 17.4. The number of hydrogen-bond acceptors (Lipinski definition) is 5. The topological polar surface area (TPSA) is 68.5 Å². The van der Waals surface area contributed by atoms with Gasteiger partial charge in [-0.25, -0.2) is 0 Å². The lowest BCUT2D eigenvalue weighted by atomic mass is 9.85. The van der Waals surface area contributed by atoms with Crippen molar-refractivity contribution in [2.24, 2.45) is 5.92 Å². The van der Waals surface area contributed by atoms with Gasteiger partial charge in [-0.15, -0.1) is 0 Å². The zero-order valence-corrected chi connectivity index (χ0v) is 13.5. The molecule has 0 radical (unpaired) electrons. The van der Waals surface area contributed by atoms with Crippen LogP contribution in [0.1, 0.15) is 63.6 Å². The minimum absolute atomic E-state index is 0.103. The van der Waals surface area contributed by atoms with E-state index in [9.17, 15) is 4.79 Å².